The standard InChI is InChI=1S/C17H21ClN2O2S/c1-10-7-15(8-11(2)16(10)18)22-12(3)17(21)19-6-5-14-9-23-13(4)20-14/h7-9,12H,5-6H2,1-4H3,(H,19,21)/t12-/m0/s1. The van der Waals surface area contributed by atoms with E-state index in [1.165, 1.54) is 0 Å². The molecule has 2 aromatic rings. The molecule has 0 unspecified atom stereocenters. The average molecular weight is 353 g/mol. The fourth-order valence-electron chi connectivity index (χ4n) is 2.21. The van der Waals surface area contributed by atoms with Crippen molar-refractivity contribution in [2.75, 3.05) is 6.54 Å². The molecule has 0 radical (unpaired) electrons. The second-order valence-electron chi connectivity index (χ2n) is 5.53. The van der Waals surface area contributed by atoms with Crippen molar-refractivity contribution in [3.05, 3.63) is 44.4 Å². The first-order valence-electron chi connectivity index (χ1n) is 7.49. The number of hydrogen-bond acceptors (Lipinski definition) is 4. The van der Waals surface area contributed by atoms with E-state index >= 15 is 0 Å². The zero-order valence-electron chi connectivity index (χ0n) is 13.8. The maximum atomic E-state index is 12.1. The van der Waals surface area contributed by atoms with E-state index in [-0.39, 0.29) is 5.91 Å². The molecule has 0 aliphatic rings. The Morgan fingerprint density at radius 3 is 2.57 bits per heavy atom. The number of carbonyl (C=O) groups is 1. The fraction of sp³-hybridized carbons (Fsp3) is 0.412. The molecule has 124 valence electrons. The molecule has 1 atom stereocenters. The van der Waals surface area contributed by atoms with Crippen molar-refractivity contribution in [1.29, 1.82) is 0 Å². The van der Waals surface area contributed by atoms with Crippen molar-refractivity contribution < 1.29 is 9.53 Å². The number of ether oxygens (including phenoxy) is 1. The summed E-state index contributed by atoms with van der Waals surface area (Å²) in [5, 5.41) is 6.66. The number of thiazole rings is 1. The van der Waals surface area contributed by atoms with E-state index in [4.69, 9.17) is 16.3 Å². The van der Waals surface area contributed by atoms with Gasteiger partial charge in [0.05, 0.1) is 10.7 Å². The van der Waals surface area contributed by atoms with Crippen molar-refractivity contribution in [3.63, 3.8) is 0 Å². The molecule has 1 aromatic carbocycles. The van der Waals surface area contributed by atoms with E-state index < -0.39 is 6.10 Å². The van der Waals surface area contributed by atoms with Crippen LogP contribution in [0.1, 0.15) is 28.8 Å². The highest BCUT2D eigenvalue weighted by Crippen LogP contribution is 2.26. The van der Waals surface area contributed by atoms with Crippen LogP contribution in [0.25, 0.3) is 0 Å². The number of rotatable bonds is 6. The highest BCUT2D eigenvalue weighted by Gasteiger charge is 2.15. The smallest absolute Gasteiger partial charge is 0.260 e. The van der Waals surface area contributed by atoms with Crippen molar-refractivity contribution in [2.45, 2.75) is 40.2 Å². The van der Waals surface area contributed by atoms with Crippen LogP contribution in [0.15, 0.2) is 17.5 Å². The largest absolute Gasteiger partial charge is 0.481 e. The quantitative estimate of drug-likeness (QED) is 0.859. The summed E-state index contributed by atoms with van der Waals surface area (Å²) in [7, 11) is 0. The Morgan fingerprint density at radius 2 is 2.00 bits per heavy atom. The van der Waals surface area contributed by atoms with E-state index in [0.29, 0.717) is 12.3 Å². The number of benzene rings is 1. The molecule has 6 heteroatoms. The van der Waals surface area contributed by atoms with E-state index in [1.54, 1.807) is 18.3 Å². The monoisotopic (exact) mass is 352 g/mol. The third-order valence-corrected chi connectivity index (χ3v) is 4.86. The Morgan fingerprint density at radius 1 is 1.35 bits per heavy atom. The minimum Gasteiger partial charge on any atom is -0.481 e. The lowest BCUT2D eigenvalue weighted by molar-refractivity contribution is -0.127. The van der Waals surface area contributed by atoms with Gasteiger partial charge in [0, 0.05) is 23.4 Å². The lowest BCUT2D eigenvalue weighted by Gasteiger charge is -2.16. The van der Waals surface area contributed by atoms with Gasteiger partial charge >= 0.3 is 0 Å². The fourth-order valence-corrected chi connectivity index (χ4v) is 2.97. The number of aryl methyl sites for hydroxylation is 3. The molecular weight excluding hydrogens is 332 g/mol. The van der Waals surface area contributed by atoms with Crippen LogP contribution in [-0.2, 0) is 11.2 Å². The summed E-state index contributed by atoms with van der Waals surface area (Å²) in [6, 6.07) is 3.69. The van der Waals surface area contributed by atoms with Gasteiger partial charge in [0.1, 0.15) is 5.75 Å². The number of carbonyl (C=O) groups excluding carboxylic acids is 1. The van der Waals surface area contributed by atoms with Crippen LogP contribution < -0.4 is 10.1 Å². The van der Waals surface area contributed by atoms with Crippen molar-refractivity contribution in [1.82, 2.24) is 10.3 Å². The van der Waals surface area contributed by atoms with E-state index in [2.05, 4.69) is 10.3 Å². The van der Waals surface area contributed by atoms with Crippen LogP contribution in [0.4, 0.5) is 0 Å². The summed E-state index contributed by atoms with van der Waals surface area (Å²) < 4.78 is 5.72. The SMILES string of the molecule is Cc1nc(CCNC(=O)[C@H](C)Oc2cc(C)c(Cl)c(C)c2)cs1. The van der Waals surface area contributed by atoms with Gasteiger partial charge in [-0.2, -0.15) is 0 Å². The summed E-state index contributed by atoms with van der Waals surface area (Å²) in [6.07, 6.45) is 0.161. The highest BCUT2D eigenvalue weighted by atomic mass is 35.5. The molecule has 1 heterocycles. The van der Waals surface area contributed by atoms with Gasteiger partial charge in [0.2, 0.25) is 0 Å². The number of amides is 1. The molecule has 0 spiro atoms. The molecular formula is C17H21ClN2O2S. The van der Waals surface area contributed by atoms with Gasteiger partial charge in [0.15, 0.2) is 6.10 Å². The Hall–Kier alpha value is -1.59. The van der Waals surface area contributed by atoms with Crippen molar-refractivity contribution >= 4 is 28.8 Å². The first-order chi connectivity index (χ1) is 10.9. The first-order valence-corrected chi connectivity index (χ1v) is 8.74. The number of aromatic nitrogens is 1. The zero-order chi connectivity index (χ0) is 17.0. The molecule has 0 saturated carbocycles. The predicted molar refractivity (Wildman–Crippen MR) is 94.6 cm³/mol. The lowest BCUT2D eigenvalue weighted by Crippen LogP contribution is -2.37. The summed E-state index contributed by atoms with van der Waals surface area (Å²) in [4.78, 5) is 16.5. The van der Waals surface area contributed by atoms with Gasteiger partial charge in [-0.15, -0.1) is 11.3 Å². The molecule has 0 saturated heterocycles. The third kappa shape index (κ3) is 4.94. The molecule has 0 bridgehead atoms. The Labute approximate surface area is 145 Å². The molecule has 0 aliphatic heterocycles. The third-order valence-electron chi connectivity index (χ3n) is 3.44. The Kier molecular flexibility index (Phi) is 6.02. The molecule has 2 rings (SSSR count). The average Bonchev–Trinajstić information content (AvgIpc) is 2.90. The van der Waals surface area contributed by atoms with Gasteiger partial charge in [-0.3, -0.25) is 4.79 Å². The van der Waals surface area contributed by atoms with Gasteiger partial charge in [0.25, 0.3) is 5.91 Å². The summed E-state index contributed by atoms with van der Waals surface area (Å²) >= 11 is 7.75. The van der Waals surface area contributed by atoms with Crippen LogP contribution in [0, 0.1) is 20.8 Å². The van der Waals surface area contributed by atoms with Crippen LogP contribution in [-0.4, -0.2) is 23.5 Å². The lowest BCUT2D eigenvalue weighted by atomic mass is 10.1. The molecule has 0 fully saturated rings. The topological polar surface area (TPSA) is 51.2 Å². The molecule has 1 amide bonds. The predicted octanol–water partition coefficient (Wildman–Crippen LogP) is 3.85. The second kappa shape index (κ2) is 7.79. The van der Waals surface area contributed by atoms with Crippen LogP contribution in [0.5, 0.6) is 5.75 Å². The number of nitrogens with zero attached hydrogens (tertiary/aromatic N) is 1. The zero-order valence-corrected chi connectivity index (χ0v) is 15.3. The summed E-state index contributed by atoms with van der Waals surface area (Å²) in [6.45, 7) is 8.10. The number of hydrogen-bond donors (Lipinski definition) is 1. The van der Waals surface area contributed by atoms with Gasteiger partial charge in [-0.1, -0.05) is 11.6 Å². The molecule has 0 aliphatic carbocycles. The maximum Gasteiger partial charge on any atom is 0.260 e. The van der Waals surface area contributed by atoms with Crippen molar-refractivity contribution in [2.24, 2.45) is 0 Å². The maximum absolute atomic E-state index is 12.1. The van der Waals surface area contributed by atoms with Crippen LogP contribution in [0.3, 0.4) is 0 Å². The normalized spacial score (nSPS) is 12.0. The molecule has 23 heavy (non-hydrogen) atoms. The van der Waals surface area contributed by atoms with Gasteiger partial charge in [-0.25, -0.2) is 4.98 Å². The van der Waals surface area contributed by atoms with Gasteiger partial charge < -0.3 is 10.1 Å². The second-order valence-corrected chi connectivity index (χ2v) is 6.97. The highest BCUT2D eigenvalue weighted by molar-refractivity contribution is 7.09. The Balaban J connectivity index is 1.85. The molecule has 1 N–H and O–H groups in total. The van der Waals surface area contributed by atoms with Gasteiger partial charge in [-0.05, 0) is 51.0 Å². The molecule has 1 aromatic heterocycles. The molecule has 4 nitrogen and oxygen atoms in total. The van der Waals surface area contributed by atoms with E-state index in [0.717, 1.165) is 33.3 Å². The first kappa shape index (κ1) is 17.8. The number of nitrogens with one attached hydrogen (secondary N) is 1. The van der Waals surface area contributed by atoms with E-state index in [9.17, 15) is 4.79 Å². The minimum absolute atomic E-state index is 0.137. The minimum atomic E-state index is -0.563. The number of halogens is 1. The van der Waals surface area contributed by atoms with Crippen LogP contribution >= 0.6 is 22.9 Å². The summed E-state index contributed by atoms with van der Waals surface area (Å²) in [5.41, 5.74) is 2.88. The Bertz CT molecular complexity index is 677. The van der Waals surface area contributed by atoms with Crippen LogP contribution in [0.2, 0.25) is 5.02 Å². The summed E-state index contributed by atoms with van der Waals surface area (Å²) in [5.74, 6) is 0.518. The van der Waals surface area contributed by atoms with E-state index in [1.807, 2.05) is 38.3 Å². The van der Waals surface area contributed by atoms with Crippen molar-refractivity contribution in [3.8, 4) is 5.75 Å².